The summed E-state index contributed by atoms with van der Waals surface area (Å²) < 4.78 is 15.7. The third-order valence-corrected chi connectivity index (χ3v) is 3.36. The molecule has 0 rings (SSSR count). The highest BCUT2D eigenvalue weighted by Crippen LogP contribution is 2.07. The minimum absolute atomic E-state index is 0.0577. The molecule has 0 heterocycles. The Labute approximate surface area is 164 Å². The fourth-order valence-corrected chi connectivity index (χ4v) is 2.20. The maximum atomic E-state index is 12.0. The van der Waals surface area contributed by atoms with Crippen molar-refractivity contribution >= 4 is 12.1 Å². The topological polar surface area (TPSA) is 93.2 Å². The van der Waals surface area contributed by atoms with Crippen molar-refractivity contribution in [3.63, 3.8) is 0 Å². The van der Waals surface area contributed by atoms with Crippen LogP contribution in [0.3, 0.4) is 0 Å². The quantitative estimate of drug-likeness (QED) is 0.255. The van der Waals surface area contributed by atoms with E-state index in [1.165, 1.54) is 0 Å². The summed E-state index contributed by atoms with van der Waals surface area (Å²) in [4.78, 5) is 16.6. The Kier molecular flexibility index (Phi) is 14.6. The molecule has 1 atom stereocenters. The van der Waals surface area contributed by atoms with Crippen LogP contribution in [0.5, 0.6) is 0 Å². The Balaban J connectivity index is 4.40. The van der Waals surface area contributed by atoms with Gasteiger partial charge in [-0.25, -0.2) is 4.79 Å². The van der Waals surface area contributed by atoms with E-state index in [0.29, 0.717) is 26.4 Å². The summed E-state index contributed by atoms with van der Waals surface area (Å²) in [7, 11) is 1.66. The second-order valence-corrected chi connectivity index (χ2v) is 7.24. The van der Waals surface area contributed by atoms with Gasteiger partial charge >= 0.3 is 6.09 Å². The molecule has 0 aromatic rings. The van der Waals surface area contributed by atoms with Crippen LogP contribution in [0.25, 0.3) is 0 Å². The number of guanidine groups is 1. The Morgan fingerprint density at radius 2 is 1.85 bits per heavy atom. The number of nitrogens with one attached hydrogen (secondary N) is 3. The molecule has 0 aliphatic carbocycles. The first-order valence-corrected chi connectivity index (χ1v) is 9.90. The molecule has 0 saturated heterocycles. The lowest BCUT2D eigenvalue weighted by atomic mass is 10.1. The first-order valence-electron chi connectivity index (χ1n) is 9.90. The molecule has 0 fully saturated rings. The zero-order chi connectivity index (χ0) is 20.5. The Morgan fingerprint density at radius 3 is 2.44 bits per heavy atom. The van der Waals surface area contributed by atoms with Crippen molar-refractivity contribution in [3.05, 3.63) is 0 Å². The van der Waals surface area contributed by atoms with Crippen molar-refractivity contribution in [1.82, 2.24) is 16.0 Å². The summed E-state index contributed by atoms with van der Waals surface area (Å²) in [6.45, 7) is 13.6. The summed E-state index contributed by atoms with van der Waals surface area (Å²) in [6, 6.07) is -0.0577. The summed E-state index contributed by atoms with van der Waals surface area (Å²) in [6.07, 6.45) is 2.28. The maximum absolute atomic E-state index is 12.0. The Hall–Kier alpha value is -1.54. The Morgan fingerprint density at radius 1 is 1.11 bits per heavy atom. The zero-order valence-corrected chi connectivity index (χ0v) is 18.0. The van der Waals surface area contributed by atoms with Gasteiger partial charge < -0.3 is 30.2 Å². The van der Waals surface area contributed by atoms with E-state index in [2.05, 4.69) is 27.9 Å². The fraction of sp³-hybridized carbons (Fsp3) is 0.895. The zero-order valence-electron chi connectivity index (χ0n) is 18.0. The van der Waals surface area contributed by atoms with Crippen LogP contribution in [0.1, 0.15) is 53.9 Å². The monoisotopic (exact) mass is 388 g/mol. The van der Waals surface area contributed by atoms with Crippen LogP contribution >= 0.6 is 0 Å². The summed E-state index contributed by atoms with van der Waals surface area (Å²) >= 11 is 0. The van der Waals surface area contributed by atoms with E-state index in [4.69, 9.17) is 14.2 Å². The predicted molar refractivity (Wildman–Crippen MR) is 109 cm³/mol. The summed E-state index contributed by atoms with van der Waals surface area (Å²) in [5.74, 6) is 0.737. The van der Waals surface area contributed by atoms with Gasteiger partial charge in [-0.15, -0.1) is 0 Å². The standard InChI is InChI=1S/C19H40N4O4/c1-7-10-16(23-18(24)27-19(3,4)5)15-22-17(20-8-2)21-11-9-12-26-14-13-25-6/h16H,7-15H2,1-6H3,(H,23,24)(H2,20,21,22). The molecule has 0 aromatic heterocycles. The fourth-order valence-electron chi connectivity index (χ4n) is 2.20. The van der Waals surface area contributed by atoms with Crippen molar-refractivity contribution in [2.75, 3.05) is 46.6 Å². The van der Waals surface area contributed by atoms with Gasteiger partial charge in [-0.05, 0) is 40.5 Å². The van der Waals surface area contributed by atoms with Gasteiger partial charge in [0.1, 0.15) is 5.60 Å². The first kappa shape index (κ1) is 25.5. The molecule has 8 heteroatoms. The average Bonchev–Trinajstić information content (AvgIpc) is 2.57. The lowest BCUT2D eigenvalue weighted by molar-refractivity contribution is 0.0503. The number of amides is 1. The van der Waals surface area contributed by atoms with Crippen LogP contribution in [-0.4, -0.2) is 70.3 Å². The molecule has 0 bridgehead atoms. The van der Waals surface area contributed by atoms with E-state index in [0.717, 1.165) is 38.3 Å². The van der Waals surface area contributed by atoms with Crippen LogP contribution in [0.15, 0.2) is 4.99 Å². The number of carbonyl (C=O) groups is 1. The number of nitrogens with zero attached hydrogens (tertiary/aromatic N) is 1. The van der Waals surface area contributed by atoms with E-state index in [9.17, 15) is 4.79 Å². The second kappa shape index (κ2) is 15.5. The smallest absolute Gasteiger partial charge is 0.407 e. The van der Waals surface area contributed by atoms with Gasteiger partial charge in [0, 0.05) is 26.8 Å². The molecule has 1 amide bonds. The van der Waals surface area contributed by atoms with E-state index in [1.807, 2.05) is 27.7 Å². The maximum Gasteiger partial charge on any atom is 0.407 e. The highest BCUT2D eigenvalue weighted by molar-refractivity contribution is 5.79. The van der Waals surface area contributed by atoms with Crippen molar-refractivity contribution < 1.29 is 19.0 Å². The summed E-state index contributed by atoms with van der Waals surface area (Å²) in [5, 5.41) is 9.41. The number of hydrogen-bond acceptors (Lipinski definition) is 5. The van der Waals surface area contributed by atoms with E-state index >= 15 is 0 Å². The number of carbonyl (C=O) groups excluding carboxylic acids is 1. The first-order chi connectivity index (χ1) is 12.8. The third-order valence-electron chi connectivity index (χ3n) is 3.36. The minimum atomic E-state index is -0.508. The largest absolute Gasteiger partial charge is 0.444 e. The molecule has 0 aliphatic rings. The molecule has 0 saturated carbocycles. The molecular formula is C19H40N4O4. The molecule has 27 heavy (non-hydrogen) atoms. The highest BCUT2D eigenvalue weighted by atomic mass is 16.6. The third kappa shape index (κ3) is 16.4. The number of alkyl carbamates (subject to hydrolysis) is 1. The van der Waals surface area contributed by atoms with Crippen molar-refractivity contribution in [1.29, 1.82) is 0 Å². The summed E-state index contributed by atoms with van der Waals surface area (Å²) in [5.41, 5.74) is -0.508. The van der Waals surface area contributed by atoms with Crippen LogP contribution in [0.4, 0.5) is 4.79 Å². The minimum Gasteiger partial charge on any atom is -0.444 e. The van der Waals surface area contributed by atoms with Gasteiger partial charge in [-0.2, -0.15) is 0 Å². The molecular weight excluding hydrogens is 348 g/mol. The highest BCUT2D eigenvalue weighted by Gasteiger charge is 2.19. The molecule has 160 valence electrons. The van der Waals surface area contributed by atoms with Crippen molar-refractivity contribution in [3.8, 4) is 0 Å². The normalized spacial score (nSPS) is 13.2. The number of ether oxygens (including phenoxy) is 3. The SMILES string of the molecule is CCCC(CN=C(NCC)NCCCOCCOC)NC(=O)OC(C)(C)C. The van der Waals surface area contributed by atoms with Gasteiger partial charge in [0.05, 0.1) is 25.8 Å². The van der Waals surface area contributed by atoms with Crippen molar-refractivity contribution in [2.24, 2.45) is 4.99 Å². The van der Waals surface area contributed by atoms with E-state index in [1.54, 1.807) is 7.11 Å². The number of methoxy groups -OCH3 is 1. The van der Waals surface area contributed by atoms with E-state index in [-0.39, 0.29) is 6.04 Å². The van der Waals surface area contributed by atoms with Crippen LogP contribution in [0.2, 0.25) is 0 Å². The van der Waals surface area contributed by atoms with Crippen LogP contribution in [-0.2, 0) is 14.2 Å². The van der Waals surface area contributed by atoms with Gasteiger partial charge in [0.2, 0.25) is 0 Å². The number of hydrogen-bond donors (Lipinski definition) is 3. The van der Waals surface area contributed by atoms with Gasteiger partial charge in [0.15, 0.2) is 5.96 Å². The predicted octanol–water partition coefficient (Wildman–Crippen LogP) is 2.29. The number of aliphatic imine (C=N–C) groups is 1. The van der Waals surface area contributed by atoms with Gasteiger partial charge in [-0.3, -0.25) is 4.99 Å². The lowest BCUT2D eigenvalue weighted by Crippen LogP contribution is -2.42. The number of rotatable bonds is 13. The Bertz CT molecular complexity index is 411. The van der Waals surface area contributed by atoms with E-state index < -0.39 is 11.7 Å². The van der Waals surface area contributed by atoms with Crippen LogP contribution < -0.4 is 16.0 Å². The molecule has 0 aliphatic heterocycles. The molecule has 0 radical (unpaired) electrons. The molecule has 0 spiro atoms. The van der Waals surface area contributed by atoms with Gasteiger partial charge in [0.25, 0.3) is 0 Å². The average molecular weight is 389 g/mol. The second-order valence-electron chi connectivity index (χ2n) is 7.24. The lowest BCUT2D eigenvalue weighted by Gasteiger charge is -2.23. The molecule has 8 nitrogen and oxygen atoms in total. The van der Waals surface area contributed by atoms with Gasteiger partial charge in [-0.1, -0.05) is 13.3 Å². The molecule has 0 aromatic carbocycles. The molecule has 3 N–H and O–H groups in total. The molecule has 1 unspecified atom stereocenters. The van der Waals surface area contributed by atoms with Crippen LogP contribution in [0, 0.1) is 0 Å². The van der Waals surface area contributed by atoms with Crippen molar-refractivity contribution in [2.45, 2.75) is 65.5 Å².